The van der Waals surface area contributed by atoms with Crippen molar-refractivity contribution >= 4 is 5.78 Å². The van der Waals surface area contributed by atoms with Crippen molar-refractivity contribution in [1.82, 2.24) is 0 Å². The van der Waals surface area contributed by atoms with E-state index < -0.39 is 0 Å². The Morgan fingerprint density at radius 1 is 1.00 bits per heavy atom. The summed E-state index contributed by atoms with van der Waals surface area (Å²) in [4.78, 5) is 11.4. The quantitative estimate of drug-likeness (QED) is 0.557. The molecular formula is C12H18O. The molecular weight excluding hydrogens is 160 g/mol. The molecule has 3 rings (SSSR count). The molecule has 0 aliphatic heterocycles. The molecule has 0 heterocycles. The maximum absolute atomic E-state index is 11.4. The van der Waals surface area contributed by atoms with E-state index in [9.17, 15) is 4.79 Å². The number of rotatable bonds is 0. The predicted molar refractivity (Wildman–Crippen MR) is 51.2 cm³/mol. The SMILES string of the molecule is CC1C2CCC1[C@@H]1CC(=O)CC[C@H]21. The van der Waals surface area contributed by atoms with Gasteiger partial charge in [0.05, 0.1) is 0 Å². The number of fused-ring (bicyclic) bond motifs is 5. The molecule has 0 aromatic carbocycles. The van der Waals surface area contributed by atoms with Gasteiger partial charge in [0, 0.05) is 12.8 Å². The third-order valence-corrected chi connectivity index (χ3v) is 5.05. The minimum absolute atomic E-state index is 0.543. The lowest BCUT2D eigenvalue weighted by atomic mass is 9.71. The maximum atomic E-state index is 11.4. The average molecular weight is 178 g/mol. The summed E-state index contributed by atoms with van der Waals surface area (Å²) in [7, 11) is 0. The minimum atomic E-state index is 0.543. The van der Waals surface area contributed by atoms with Gasteiger partial charge < -0.3 is 0 Å². The lowest BCUT2D eigenvalue weighted by molar-refractivity contribution is -0.123. The second-order valence-corrected chi connectivity index (χ2v) is 5.37. The molecule has 5 atom stereocenters. The zero-order valence-electron chi connectivity index (χ0n) is 8.33. The smallest absolute Gasteiger partial charge is 0.133 e. The van der Waals surface area contributed by atoms with Gasteiger partial charge in [-0.15, -0.1) is 0 Å². The van der Waals surface area contributed by atoms with Crippen LogP contribution in [0.1, 0.15) is 39.0 Å². The highest BCUT2D eigenvalue weighted by atomic mass is 16.1. The van der Waals surface area contributed by atoms with E-state index in [1.54, 1.807) is 0 Å². The highest BCUT2D eigenvalue weighted by molar-refractivity contribution is 5.79. The normalized spacial score (nSPS) is 53.9. The number of hydrogen-bond donors (Lipinski definition) is 0. The zero-order valence-corrected chi connectivity index (χ0v) is 8.33. The van der Waals surface area contributed by atoms with E-state index in [1.807, 2.05) is 0 Å². The highest BCUT2D eigenvalue weighted by Crippen LogP contribution is 2.59. The van der Waals surface area contributed by atoms with Gasteiger partial charge in [-0.05, 0) is 48.9 Å². The van der Waals surface area contributed by atoms with Crippen molar-refractivity contribution in [2.75, 3.05) is 0 Å². The third-order valence-electron chi connectivity index (χ3n) is 5.05. The Hall–Kier alpha value is -0.330. The summed E-state index contributed by atoms with van der Waals surface area (Å²) < 4.78 is 0. The molecule has 2 bridgehead atoms. The van der Waals surface area contributed by atoms with Gasteiger partial charge in [-0.1, -0.05) is 6.92 Å². The lowest BCUT2D eigenvalue weighted by Crippen LogP contribution is -2.29. The van der Waals surface area contributed by atoms with E-state index in [-0.39, 0.29) is 0 Å². The fourth-order valence-electron chi connectivity index (χ4n) is 4.49. The maximum Gasteiger partial charge on any atom is 0.133 e. The molecule has 0 aromatic rings. The van der Waals surface area contributed by atoms with Gasteiger partial charge in [-0.25, -0.2) is 0 Å². The van der Waals surface area contributed by atoms with Crippen molar-refractivity contribution in [3.8, 4) is 0 Å². The van der Waals surface area contributed by atoms with Crippen LogP contribution in [0.15, 0.2) is 0 Å². The van der Waals surface area contributed by atoms with Crippen LogP contribution in [0.4, 0.5) is 0 Å². The topological polar surface area (TPSA) is 17.1 Å². The Morgan fingerprint density at radius 2 is 1.69 bits per heavy atom. The highest BCUT2D eigenvalue weighted by Gasteiger charge is 2.53. The lowest BCUT2D eigenvalue weighted by Gasteiger charge is -2.34. The fourth-order valence-corrected chi connectivity index (χ4v) is 4.49. The standard InChI is InChI=1S/C12H18O/c1-7-9-4-5-10(7)12-6-8(13)2-3-11(9)12/h7,9-12H,2-6H2,1H3/t7?,9?,10?,11-,12+/m1/s1. The van der Waals surface area contributed by atoms with Crippen LogP contribution in [0.2, 0.25) is 0 Å². The summed E-state index contributed by atoms with van der Waals surface area (Å²) in [6.45, 7) is 2.42. The van der Waals surface area contributed by atoms with Gasteiger partial charge in [0.1, 0.15) is 5.78 Å². The number of carbonyl (C=O) groups is 1. The molecule has 3 saturated carbocycles. The van der Waals surface area contributed by atoms with Crippen LogP contribution in [0, 0.1) is 29.6 Å². The molecule has 3 fully saturated rings. The van der Waals surface area contributed by atoms with Gasteiger partial charge in [0.2, 0.25) is 0 Å². The van der Waals surface area contributed by atoms with Crippen LogP contribution >= 0.6 is 0 Å². The first-order valence-corrected chi connectivity index (χ1v) is 5.79. The van der Waals surface area contributed by atoms with Gasteiger partial charge in [-0.3, -0.25) is 4.79 Å². The average Bonchev–Trinajstić information content (AvgIpc) is 2.59. The van der Waals surface area contributed by atoms with E-state index >= 15 is 0 Å². The molecule has 0 spiro atoms. The van der Waals surface area contributed by atoms with Crippen LogP contribution in [-0.2, 0) is 4.79 Å². The van der Waals surface area contributed by atoms with Crippen LogP contribution in [0.3, 0.4) is 0 Å². The molecule has 0 amide bonds. The molecule has 0 saturated heterocycles. The molecule has 13 heavy (non-hydrogen) atoms. The van der Waals surface area contributed by atoms with Crippen molar-refractivity contribution in [2.45, 2.75) is 39.0 Å². The monoisotopic (exact) mass is 178 g/mol. The Labute approximate surface area is 79.9 Å². The summed E-state index contributed by atoms with van der Waals surface area (Å²) in [5.41, 5.74) is 0. The van der Waals surface area contributed by atoms with Gasteiger partial charge in [0.15, 0.2) is 0 Å². The summed E-state index contributed by atoms with van der Waals surface area (Å²) >= 11 is 0. The van der Waals surface area contributed by atoms with Crippen molar-refractivity contribution in [3.05, 3.63) is 0 Å². The van der Waals surface area contributed by atoms with E-state index in [0.717, 1.165) is 42.4 Å². The largest absolute Gasteiger partial charge is 0.300 e. The summed E-state index contributed by atoms with van der Waals surface area (Å²) in [6.07, 6.45) is 5.91. The Bertz CT molecular complexity index is 246. The van der Waals surface area contributed by atoms with Crippen molar-refractivity contribution in [3.63, 3.8) is 0 Å². The second-order valence-electron chi connectivity index (χ2n) is 5.37. The molecule has 0 N–H and O–H groups in total. The van der Waals surface area contributed by atoms with Crippen molar-refractivity contribution < 1.29 is 4.79 Å². The van der Waals surface area contributed by atoms with Gasteiger partial charge in [-0.2, -0.15) is 0 Å². The molecule has 3 aliphatic rings. The number of hydrogen-bond acceptors (Lipinski definition) is 1. The Balaban J connectivity index is 1.88. The van der Waals surface area contributed by atoms with Crippen molar-refractivity contribution in [1.29, 1.82) is 0 Å². The molecule has 3 aliphatic carbocycles. The van der Waals surface area contributed by atoms with E-state index in [2.05, 4.69) is 6.92 Å². The summed E-state index contributed by atoms with van der Waals surface area (Å²) in [6, 6.07) is 0. The number of Topliss-reactive ketones (excluding diaryl/α,β-unsaturated/α-hetero) is 1. The van der Waals surface area contributed by atoms with Crippen LogP contribution < -0.4 is 0 Å². The summed E-state index contributed by atoms with van der Waals surface area (Å²) in [5.74, 6) is 5.12. The minimum Gasteiger partial charge on any atom is -0.300 e. The van der Waals surface area contributed by atoms with Gasteiger partial charge >= 0.3 is 0 Å². The predicted octanol–water partition coefficient (Wildman–Crippen LogP) is 2.65. The number of carbonyl (C=O) groups excluding carboxylic acids is 1. The molecule has 1 nitrogen and oxygen atoms in total. The summed E-state index contributed by atoms with van der Waals surface area (Å²) in [5, 5.41) is 0. The van der Waals surface area contributed by atoms with E-state index in [4.69, 9.17) is 0 Å². The molecule has 72 valence electrons. The van der Waals surface area contributed by atoms with Crippen LogP contribution in [0.5, 0.6) is 0 Å². The van der Waals surface area contributed by atoms with E-state index in [0.29, 0.717) is 5.78 Å². The Kier molecular flexibility index (Phi) is 1.59. The first kappa shape index (κ1) is 8.02. The van der Waals surface area contributed by atoms with Crippen LogP contribution in [0.25, 0.3) is 0 Å². The first-order chi connectivity index (χ1) is 6.27. The van der Waals surface area contributed by atoms with Crippen molar-refractivity contribution in [2.24, 2.45) is 29.6 Å². The third kappa shape index (κ3) is 0.963. The van der Waals surface area contributed by atoms with Gasteiger partial charge in [0.25, 0.3) is 0 Å². The fraction of sp³-hybridized carbons (Fsp3) is 0.917. The number of ketones is 1. The molecule has 3 unspecified atom stereocenters. The second kappa shape index (κ2) is 2.59. The molecule has 0 radical (unpaired) electrons. The molecule has 0 aromatic heterocycles. The Morgan fingerprint density at radius 3 is 2.46 bits per heavy atom. The van der Waals surface area contributed by atoms with E-state index in [1.165, 1.54) is 19.3 Å². The zero-order chi connectivity index (χ0) is 9.00. The molecule has 1 heteroatoms. The first-order valence-electron chi connectivity index (χ1n) is 5.79. The van der Waals surface area contributed by atoms with Crippen LogP contribution in [-0.4, -0.2) is 5.78 Å².